The number of nitrogens with one attached hydrogen (secondary N) is 1. The summed E-state index contributed by atoms with van der Waals surface area (Å²) in [5.74, 6) is 0.723. The summed E-state index contributed by atoms with van der Waals surface area (Å²) in [6, 6.07) is 1.22. The average Bonchev–Trinajstić information content (AvgIpc) is 2.77. The van der Waals surface area contributed by atoms with Gasteiger partial charge < -0.3 is 10.1 Å². The number of ether oxygens (including phenoxy) is 1. The van der Waals surface area contributed by atoms with Gasteiger partial charge in [-0.15, -0.1) is 0 Å². The molecular formula is C14H30N2O. The Morgan fingerprint density at radius 2 is 2.12 bits per heavy atom. The molecule has 0 aromatic carbocycles. The smallest absolute Gasteiger partial charge is 0.0619 e. The zero-order chi connectivity index (χ0) is 12.7. The third kappa shape index (κ3) is 5.84. The molecule has 1 saturated heterocycles. The van der Waals surface area contributed by atoms with Gasteiger partial charge in [-0.05, 0) is 39.2 Å². The molecule has 0 saturated carbocycles. The van der Waals surface area contributed by atoms with E-state index in [4.69, 9.17) is 4.74 Å². The molecule has 102 valence electrons. The Labute approximate surface area is 107 Å². The Kier molecular flexibility index (Phi) is 7.09. The van der Waals surface area contributed by atoms with Gasteiger partial charge in [-0.3, -0.25) is 4.90 Å². The molecule has 3 heteroatoms. The summed E-state index contributed by atoms with van der Waals surface area (Å²) in [5, 5.41) is 3.59. The largest absolute Gasteiger partial charge is 0.380 e. The molecule has 3 nitrogen and oxygen atoms in total. The molecular weight excluding hydrogens is 212 g/mol. The van der Waals surface area contributed by atoms with Crippen LogP contribution in [0, 0.1) is 5.92 Å². The zero-order valence-electron chi connectivity index (χ0n) is 12.0. The fraction of sp³-hybridized carbons (Fsp3) is 1.00. The third-order valence-corrected chi connectivity index (χ3v) is 3.40. The first-order valence-corrected chi connectivity index (χ1v) is 7.18. The molecule has 1 fully saturated rings. The van der Waals surface area contributed by atoms with E-state index in [1.807, 2.05) is 0 Å². The van der Waals surface area contributed by atoms with Crippen LogP contribution in [-0.2, 0) is 4.74 Å². The molecule has 1 aliphatic heterocycles. The standard InChI is InChI=1S/C14H30N2O/c1-5-17-11-13(4)16(9-12(2)3)10-14-7-6-8-15-14/h12-15H,5-11H2,1-4H3. The van der Waals surface area contributed by atoms with Crippen molar-refractivity contribution in [3.63, 3.8) is 0 Å². The summed E-state index contributed by atoms with van der Waals surface area (Å²) in [6.45, 7) is 14.2. The molecule has 0 bridgehead atoms. The van der Waals surface area contributed by atoms with Crippen molar-refractivity contribution in [2.24, 2.45) is 5.92 Å². The average molecular weight is 242 g/mol. The number of nitrogens with zero attached hydrogens (tertiary/aromatic N) is 1. The van der Waals surface area contributed by atoms with Crippen LogP contribution in [0.15, 0.2) is 0 Å². The van der Waals surface area contributed by atoms with Gasteiger partial charge in [0.15, 0.2) is 0 Å². The number of hydrogen-bond acceptors (Lipinski definition) is 3. The molecule has 0 spiro atoms. The minimum Gasteiger partial charge on any atom is -0.380 e. The van der Waals surface area contributed by atoms with Crippen LogP contribution in [0.2, 0.25) is 0 Å². The van der Waals surface area contributed by atoms with Gasteiger partial charge in [0, 0.05) is 31.8 Å². The van der Waals surface area contributed by atoms with Gasteiger partial charge in [0.1, 0.15) is 0 Å². The third-order valence-electron chi connectivity index (χ3n) is 3.40. The second kappa shape index (κ2) is 8.06. The first kappa shape index (κ1) is 14.9. The van der Waals surface area contributed by atoms with Crippen LogP contribution in [0.3, 0.4) is 0 Å². The van der Waals surface area contributed by atoms with Crippen molar-refractivity contribution >= 4 is 0 Å². The Morgan fingerprint density at radius 3 is 2.65 bits per heavy atom. The Balaban J connectivity index is 2.40. The summed E-state index contributed by atoms with van der Waals surface area (Å²) < 4.78 is 5.56. The molecule has 1 rings (SSSR count). The van der Waals surface area contributed by atoms with E-state index < -0.39 is 0 Å². The summed E-state index contributed by atoms with van der Waals surface area (Å²) in [6.07, 6.45) is 2.66. The molecule has 1 N–H and O–H groups in total. The topological polar surface area (TPSA) is 24.5 Å². The predicted molar refractivity (Wildman–Crippen MR) is 73.4 cm³/mol. The van der Waals surface area contributed by atoms with E-state index in [-0.39, 0.29) is 0 Å². The fourth-order valence-electron chi connectivity index (χ4n) is 2.49. The van der Waals surface area contributed by atoms with Crippen molar-refractivity contribution in [3.8, 4) is 0 Å². The molecule has 0 aromatic heterocycles. The highest BCUT2D eigenvalue weighted by Crippen LogP contribution is 2.11. The maximum absolute atomic E-state index is 5.56. The van der Waals surface area contributed by atoms with Gasteiger partial charge in [-0.2, -0.15) is 0 Å². The van der Waals surface area contributed by atoms with Crippen LogP contribution in [0.5, 0.6) is 0 Å². The highest BCUT2D eigenvalue weighted by Gasteiger charge is 2.21. The minimum atomic E-state index is 0.528. The van der Waals surface area contributed by atoms with Crippen LogP contribution in [0.4, 0.5) is 0 Å². The molecule has 1 heterocycles. The first-order valence-electron chi connectivity index (χ1n) is 7.18. The van der Waals surface area contributed by atoms with Crippen LogP contribution >= 0.6 is 0 Å². The van der Waals surface area contributed by atoms with Crippen LogP contribution in [0.1, 0.15) is 40.5 Å². The van der Waals surface area contributed by atoms with Crippen molar-refractivity contribution < 1.29 is 4.74 Å². The second-order valence-electron chi connectivity index (χ2n) is 5.65. The van der Waals surface area contributed by atoms with Crippen LogP contribution in [0.25, 0.3) is 0 Å². The van der Waals surface area contributed by atoms with E-state index >= 15 is 0 Å². The monoisotopic (exact) mass is 242 g/mol. The molecule has 17 heavy (non-hydrogen) atoms. The van der Waals surface area contributed by atoms with Gasteiger partial charge >= 0.3 is 0 Å². The van der Waals surface area contributed by atoms with E-state index in [1.165, 1.54) is 32.5 Å². The highest BCUT2D eigenvalue weighted by molar-refractivity contribution is 4.80. The highest BCUT2D eigenvalue weighted by atomic mass is 16.5. The lowest BCUT2D eigenvalue weighted by Crippen LogP contribution is -2.45. The van der Waals surface area contributed by atoms with E-state index in [2.05, 4.69) is 37.9 Å². The molecule has 2 unspecified atom stereocenters. The first-order chi connectivity index (χ1) is 8.13. The van der Waals surface area contributed by atoms with Crippen molar-refractivity contribution in [2.45, 2.75) is 52.6 Å². The van der Waals surface area contributed by atoms with Crippen molar-refractivity contribution in [1.82, 2.24) is 10.2 Å². The lowest BCUT2D eigenvalue weighted by Gasteiger charge is -2.32. The van der Waals surface area contributed by atoms with E-state index in [9.17, 15) is 0 Å². The van der Waals surface area contributed by atoms with Gasteiger partial charge in [-0.1, -0.05) is 13.8 Å². The van der Waals surface area contributed by atoms with E-state index in [0.717, 1.165) is 19.1 Å². The van der Waals surface area contributed by atoms with Crippen molar-refractivity contribution in [1.29, 1.82) is 0 Å². The van der Waals surface area contributed by atoms with Crippen LogP contribution < -0.4 is 5.32 Å². The maximum atomic E-state index is 5.56. The van der Waals surface area contributed by atoms with E-state index in [0.29, 0.717) is 12.1 Å². The Morgan fingerprint density at radius 1 is 1.35 bits per heavy atom. The van der Waals surface area contributed by atoms with Gasteiger partial charge in [0.25, 0.3) is 0 Å². The molecule has 1 aliphatic rings. The molecule has 0 aliphatic carbocycles. The second-order valence-corrected chi connectivity index (χ2v) is 5.65. The SMILES string of the molecule is CCOCC(C)N(CC(C)C)CC1CCCN1. The molecule has 0 aromatic rings. The minimum absolute atomic E-state index is 0.528. The molecule has 2 atom stereocenters. The molecule has 0 amide bonds. The predicted octanol–water partition coefficient (Wildman–Crippen LogP) is 2.12. The van der Waals surface area contributed by atoms with Gasteiger partial charge in [0.05, 0.1) is 6.61 Å². The number of hydrogen-bond donors (Lipinski definition) is 1. The van der Waals surface area contributed by atoms with Gasteiger partial charge in [0.2, 0.25) is 0 Å². The Bertz CT molecular complexity index is 191. The zero-order valence-corrected chi connectivity index (χ0v) is 12.0. The normalized spacial score (nSPS) is 22.6. The maximum Gasteiger partial charge on any atom is 0.0619 e. The fourth-order valence-corrected chi connectivity index (χ4v) is 2.49. The summed E-state index contributed by atoms with van der Waals surface area (Å²) in [4.78, 5) is 2.59. The van der Waals surface area contributed by atoms with E-state index in [1.54, 1.807) is 0 Å². The van der Waals surface area contributed by atoms with Crippen molar-refractivity contribution in [2.75, 3.05) is 32.8 Å². The van der Waals surface area contributed by atoms with Gasteiger partial charge in [-0.25, -0.2) is 0 Å². The lowest BCUT2D eigenvalue weighted by molar-refractivity contribution is 0.0635. The summed E-state index contributed by atoms with van der Waals surface area (Å²) in [5.41, 5.74) is 0. The summed E-state index contributed by atoms with van der Waals surface area (Å²) in [7, 11) is 0. The van der Waals surface area contributed by atoms with Crippen molar-refractivity contribution in [3.05, 3.63) is 0 Å². The number of rotatable bonds is 8. The van der Waals surface area contributed by atoms with Crippen LogP contribution in [-0.4, -0.2) is 49.8 Å². The Hall–Kier alpha value is -0.120. The summed E-state index contributed by atoms with van der Waals surface area (Å²) >= 11 is 0. The quantitative estimate of drug-likeness (QED) is 0.705. The molecule has 0 radical (unpaired) electrons. The lowest BCUT2D eigenvalue weighted by atomic mass is 10.1.